The van der Waals surface area contributed by atoms with Crippen molar-refractivity contribution in [1.82, 2.24) is 5.32 Å². The third-order valence-electron chi connectivity index (χ3n) is 1.82. The molecule has 0 saturated carbocycles. The molecule has 1 aromatic heterocycles. The van der Waals surface area contributed by atoms with E-state index in [4.69, 9.17) is 14.3 Å². The van der Waals surface area contributed by atoms with E-state index in [0.717, 1.165) is 0 Å². The van der Waals surface area contributed by atoms with Crippen LogP contribution < -0.4 is 5.32 Å². The Hall–Kier alpha value is -1.33. The summed E-state index contributed by atoms with van der Waals surface area (Å²) in [5.41, 5.74) is 0. The third-order valence-corrected chi connectivity index (χ3v) is 1.82. The first-order chi connectivity index (χ1) is 7.17. The van der Waals surface area contributed by atoms with Gasteiger partial charge in [-0.05, 0) is 19.1 Å². The maximum absolute atomic E-state index is 11.5. The monoisotopic (exact) mass is 213 g/mol. The van der Waals surface area contributed by atoms with Crippen LogP contribution in [0.15, 0.2) is 16.5 Å². The van der Waals surface area contributed by atoms with E-state index in [1.165, 1.54) is 0 Å². The summed E-state index contributed by atoms with van der Waals surface area (Å²) < 4.78 is 10.1. The van der Waals surface area contributed by atoms with E-state index in [-0.39, 0.29) is 24.3 Å². The Morgan fingerprint density at radius 2 is 2.40 bits per heavy atom. The van der Waals surface area contributed by atoms with Crippen molar-refractivity contribution < 1.29 is 19.1 Å². The second-order valence-corrected chi connectivity index (χ2v) is 3.26. The molecule has 0 aliphatic heterocycles. The highest BCUT2D eigenvalue weighted by Crippen LogP contribution is 2.08. The first-order valence-electron chi connectivity index (χ1n) is 4.66. The van der Waals surface area contributed by atoms with Crippen LogP contribution in [-0.2, 0) is 11.3 Å². The number of amides is 1. The van der Waals surface area contributed by atoms with E-state index in [0.29, 0.717) is 12.4 Å². The Kier molecular flexibility index (Phi) is 4.33. The van der Waals surface area contributed by atoms with E-state index in [2.05, 4.69) is 5.32 Å². The van der Waals surface area contributed by atoms with Crippen molar-refractivity contribution in [2.24, 2.45) is 0 Å². The quantitative estimate of drug-likeness (QED) is 0.748. The van der Waals surface area contributed by atoms with Crippen LogP contribution in [0.2, 0.25) is 0 Å². The van der Waals surface area contributed by atoms with Gasteiger partial charge in [0.2, 0.25) is 0 Å². The van der Waals surface area contributed by atoms with Crippen LogP contribution in [0, 0.1) is 0 Å². The summed E-state index contributed by atoms with van der Waals surface area (Å²) in [4.78, 5) is 11.5. The van der Waals surface area contributed by atoms with Crippen LogP contribution in [-0.4, -0.2) is 30.8 Å². The highest BCUT2D eigenvalue weighted by atomic mass is 16.5. The summed E-state index contributed by atoms with van der Waals surface area (Å²) in [7, 11) is 1.55. The molecule has 0 spiro atoms. The molecule has 84 valence electrons. The number of carbonyl (C=O) groups is 1. The van der Waals surface area contributed by atoms with E-state index in [1.807, 2.05) is 0 Å². The lowest BCUT2D eigenvalue weighted by Gasteiger charge is -2.08. The van der Waals surface area contributed by atoms with Crippen molar-refractivity contribution in [3.63, 3.8) is 0 Å². The van der Waals surface area contributed by atoms with Crippen molar-refractivity contribution >= 4 is 5.91 Å². The van der Waals surface area contributed by atoms with Crippen molar-refractivity contribution in [3.05, 3.63) is 23.7 Å². The fourth-order valence-electron chi connectivity index (χ4n) is 1.06. The lowest BCUT2D eigenvalue weighted by atomic mass is 10.3. The smallest absolute Gasteiger partial charge is 0.287 e. The van der Waals surface area contributed by atoms with Gasteiger partial charge in [0.1, 0.15) is 12.4 Å². The summed E-state index contributed by atoms with van der Waals surface area (Å²) in [6, 6.07) is 2.98. The molecule has 2 N–H and O–H groups in total. The molecule has 0 aromatic carbocycles. The normalized spacial score (nSPS) is 12.5. The summed E-state index contributed by atoms with van der Waals surface area (Å²) in [6.45, 7) is 1.94. The fourth-order valence-corrected chi connectivity index (χ4v) is 1.06. The molecular formula is C10H15NO4. The molecule has 0 aliphatic rings. The molecule has 1 unspecified atom stereocenters. The Bertz CT molecular complexity index is 321. The number of ether oxygens (including phenoxy) is 1. The number of hydrogen-bond donors (Lipinski definition) is 2. The molecule has 1 amide bonds. The van der Waals surface area contributed by atoms with E-state index in [1.54, 1.807) is 26.2 Å². The number of aliphatic hydroxyl groups is 1. The average Bonchev–Trinajstić information content (AvgIpc) is 2.67. The minimum Gasteiger partial charge on any atom is -0.453 e. The van der Waals surface area contributed by atoms with Gasteiger partial charge in [-0.15, -0.1) is 0 Å². The van der Waals surface area contributed by atoms with Gasteiger partial charge in [-0.3, -0.25) is 4.79 Å². The van der Waals surface area contributed by atoms with Gasteiger partial charge in [-0.2, -0.15) is 0 Å². The van der Waals surface area contributed by atoms with Crippen LogP contribution in [0.1, 0.15) is 23.2 Å². The van der Waals surface area contributed by atoms with Crippen molar-refractivity contribution in [1.29, 1.82) is 0 Å². The molecule has 1 heterocycles. The number of aliphatic hydroxyl groups excluding tert-OH is 1. The number of nitrogens with one attached hydrogen (secondary N) is 1. The minimum atomic E-state index is -0.334. The number of furan rings is 1. The molecule has 5 heteroatoms. The molecule has 5 nitrogen and oxygen atoms in total. The summed E-state index contributed by atoms with van der Waals surface area (Å²) >= 11 is 0. The lowest BCUT2D eigenvalue weighted by Crippen LogP contribution is -2.34. The highest BCUT2D eigenvalue weighted by Gasteiger charge is 2.12. The summed E-state index contributed by atoms with van der Waals surface area (Å²) in [5, 5.41) is 11.3. The Morgan fingerprint density at radius 3 is 3.00 bits per heavy atom. The van der Waals surface area contributed by atoms with E-state index in [9.17, 15) is 4.79 Å². The zero-order valence-electron chi connectivity index (χ0n) is 8.82. The summed E-state index contributed by atoms with van der Waals surface area (Å²) in [6.07, 6.45) is 0. The predicted molar refractivity (Wildman–Crippen MR) is 53.4 cm³/mol. The lowest BCUT2D eigenvalue weighted by molar-refractivity contribution is 0.0886. The van der Waals surface area contributed by atoms with Gasteiger partial charge in [0.25, 0.3) is 5.91 Å². The molecule has 0 aliphatic carbocycles. The van der Waals surface area contributed by atoms with Gasteiger partial charge < -0.3 is 19.6 Å². The maximum Gasteiger partial charge on any atom is 0.287 e. The molecular weight excluding hydrogens is 198 g/mol. The van der Waals surface area contributed by atoms with Crippen LogP contribution in [0.3, 0.4) is 0 Å². The fraction of sp³-hybridized carbons (Fsp3) is 0.500. The van der Waals surface area contributed by atoms with Crippen LogP contribution in [0.25, 0.3) is 0 Å². The molecule has 0 saturated heterocycles. The molecule has 15 heavy (non-hydrogen) atoms. The van der Waals surface area contributed by atoms with E-state index >= 15 is 0 Å². The largest absolute Gasteiger partial charge is 0.453 e. The van der Waals surface area contributed by atoms with Gasteiger partial charge in [0, 0.05) is 13.2 Å². The Balaban J connectivity index is 2.58. The summed E-state index contributed by atoms with van der Waals surface area (Å²) in [5.74, 6) is 0.487. The molecule has 0 fully saturated rings. The third kappa shape index (κ3) is 3.38. The second kappa shape index (κ2) is 5.53. The standard InChI is InChI=1S/C10H15NO4/c1-7(5-12)11-10(13)9-4-3-8(15-9)6-14-2/h3-4,7,12H,5-6H2,1-2H3,(H,11,13). The van der Waals surface area contributed by atoms with Crippen molar-refractivity contribution in [3.8, 4) is 0 Å². The molecule has 0 radical (unpaired) electrons. The Labute approximate surface area is 88.0 Å². The van der Waals surface area contributed by atoms with E-state index < -0.39 is 0 Å². The second-order valence-electron chi connectivity index (χ2n) is 3.26. The van der Waals surface area contributed by atoms with Gasteiger partial charge >= 0.3 is 0 Å². The van der Waals surface area contributed by atoms with Gasteiger partial charge in [0.05, 0.1) is 6.61 Å². The van der Waals surface area contributed by atoms with Crippen LogP contribution >= 0.6 is 0 Å². The van der Waals surface area contributed by atoms with Gasteiger partial charge in [-0.1, -0.05) is 0 Å². The van der Waals surface area contributed by atoms with Gasteiger partial charge in [-0.25, -0.2) is 0 Å². The maximum atomic E-state index is 11.5. The van der Waals surface area contributed by atoms with Gasteiger partial charge in [0.15, 0.2) is 5.76 Å². The first-order valence-corrected chi connectivity index (χ1v) is 4.66. The van der Waals surface area contributed by atoms with Crippen LogP contribution in [0.4, 0.5) is 0 Å². The van der Waals surface area contributed by atoms with Crippen molar-refractivity contribution in [2.45, 2.75) is 19.6 Å². The number of methoxy groups -OCH3 is 1. The number of hydrogen-bond acceptors (Lipinski definition) is 4. The molecule has 1 atom stereocenters. The predicted octanol–water partition coefficient (Wildman–Crippen LogP) is 0.537. The van der Waals surface area contributed by atoms with Crippen LogP contribution in [0.5, 0.6) is 0 Å². The zero-order valence-corrected chi connectivity index (χ0v) is 8.82. The molecule has 1 rings (SSSR count). The Morgan fingerprint density at radius 1 is 1.67 bits per heavy atom. The van der Waals surface area contributed by atoms with Crippen molar-refractivity contribution in [2.75, 3.05) is 13.7 Å². The topological polar surface area (TPSA) is 71.7 Å². The molecule has 1 aromatic rings. The first kappa shape index (κ1) is 11.7. The minimum absolute atomic E-state index is 0.0998. The SMILES string of the molecule is COCc1ccc(C(=O)NC(C)CO)o1. The number of carbonyl (C=O) groups excluding carboxylic acids is 1. The zero-order chi connectivity index (χ0) is 11.3. The average molecular weight is 213 g/mol. The molecule has 0 bridgehead atoms. The highest BCUT2D eigenvalue weighted by molar-refractivity contribution is 5.91. The number of rotatable bonds is 5.